The number of aromatic nitrogens is 2. The first-order valence-electron chi connectivity index (χ1n) is 9.46. The molecule has 1 aliphatic heterocycles. The van der Waals surface area contributed by atoms with Crippen molar-refractivity contribution in [2.75, 3.05) is 32.7 Å². The van der Waals surface area contributed by atoms with E-state index >= 15 is 0 Å². The molecule has 150 valence electrons. The van der Waals surface area contributed by atoms with Crippen LogP contribution in [0.3, 0.4) is 0 Å². The molecular weight excluding hydrogens is 360 g/mol. The summed E-state index contributed by atoms with van der Waals surface area (Å²) in [4.78, 5) is 29.9. The number of rotatable bonds is 8. The fourth-order valence-electron chi connectivity index (χ4n) is 3.33. The molecule has 0 aliphatic carbocycles. The molecule has 1 aromatic heterocycles. The SMILES string of the molecule is COCCCNC(=O)c1nc(C(=O)Nc2ccccc2OC)n2c1CCCC2. The average molecular weight is 386 g/mol. The molecule has 0 unspecified atom stereocenters. The Balaban J connectivity index is 1.82. The lowest BCUT2D eigenvalue weighted by molar-refractivity contribution is 0.0942. The van der Waals surface area contributed by atoms with Crippen LogP contribution < -0.4 is 15.4 Å². The van der Waals surface area contributed by atoms with Crippen molar-refractivity contribution in [3.8, 4) is 5.75 Å². The Kier molecular flexibility index (Phi) is 6.65. The maximum absolute atomic E-state index is 12.9. The van der Waals surface area contributed by atoms with Gasteiger partial charge in [0.1, 0.15) is 11.4 Å². The van der Waals surface area contributed by atoms with Crippen LogP contribution in [0.5, 0.6) is 5.75 Å². The number of hydrogen-bond donors (Lipinski definition) is 2. The van der Waals surface area contributed by atoms with Gasteiger partial charge in [0, 0.05) is 26.8 Å². The lowest BCUT2D eigenvalue weighted by Crippen LogP contribution is -2.27. The third-order valence-corrected chi connectivity index (χ3v) is 4.70. The number of nitrogens with zero attached hydrogens (tertiary/aromatic N) is 2. The summed E-state index contributed by atoms with van der Waals surface area (Å²) in [5, 5.41) is 5.70. The molecule has 0 saturated carbocycles. The van der Waals surface area contributed by atoms with Crippen LogP contribution in [0.2, 0.25) is 0 Å². The van der Waals surface area contributed by atoms with Gasteiger partial charge in [-0.25, -0.2) is 4.98 Å². The molecule has 0 saturated heterocycles. The van der Waals surface area contributed by atoms with E-state index in [1.54, 1.807) is 26.4 Å². The minimum atomic E-state index is -0.355. The number of nitrogens with one attached hydrogen (secondary N) is 2. The van der Waals surface area contributed by atoms with Gasteiger partial charge in [0.2, 0.25) is 0 Å². The smallest absolute Gasteiger partial charge is 0.291 e. The largest absolute Gasteiger partial charge is 0.495 e. The zero-order valence-corrected chi connectivity index (χ0v) is 16.3. The van der Waals surface area contributed by atoms with E-state index in [2.05, 4.69) is 15.6 Å². The van der Waals surface area contributed by atoms with E-state index in [9.17, 15) is 9.59 Å². The van der Waals surface area contributed by atoms with Crippen LogP contribution in [0.4, 0.5) is 5.69 Å². The first-order valence-corrected chi connectivity index (χ1v) is 9.46. The molecule has 2 heterocycles. The van der Waals surface area contributed by atoms with Gasteiger partial charge in [-0.1, -0.05) is 12.1 Å². The van der Waals surface area contributed by atoms with Crippen molar-refractivity contribution in [1.29, 1.82) is 0 Å². The van der Waals surface area contributed by atoms with Crippen LogP contribution in [0.25, 0.3) is 0 Å². The highest BCUT2D eigenvalue weighted by Crippen LogP contribution is 2.25. The maximum atomic E-state index is 12.9. The van der Waals surface area contributed by atoms with Crippen LogP contribution >= 0.6 is 0 Å². The molecule has 8 heteroatoms. The highest BCUT2D eigenvalue weighted by atomic mass is 16.5. The van der Waals surface area contributed by atoms with Crippen molar-refractivity contribution in [2.45, 2.75) is 32.2 Å². The van der Waals surface area contributed by atoms with Gasteiger partial charge in [-0.3, -0.25) is 9.59 Å². The van der Waals surface area contributed by atoms with Crippen molar-refractivity contribution in [3.05, 3.63) is 41.5 Å². The zero-order chi connectivity index (χ0) is 19.9. The second-order valence-electron chi connectivity index (χ2n) is 6.60. The number of carbonyl (C=O) groups excluding carboxylic acids is 2. The Morgan fingerprint density at radius 1 is 1.18 bits per heavy atom. The highest BCUT2D eigenvalue weighted by Gasteiger charge is 2.27. The third-order valence-electron chi connectivity index (χ3n) is 4.70. The standard InChI is InChI=1S/C20H26N4O4/c1-27-13-7-11-21-19(25)17-15-9-5-6-12-24(15)18(23-17)20(26)22-14-8-3-4-10-16(14)28-2/h3-4,8,10H,5-7,9,11-13H2,1-2H3,(H,21,25)(H,22,26). The molecule has 3 rings (SSSR count). The molecule has 0 fully saturated rings. The second kappa shape index (κ2) is 9.36. The lowest BCUT2D eigenvalue weighted by atomic mass is 10.1. The maximum Gasteiger partial charge on any atom is 0.291 e. The number of amides is 2. The van der Waals surface area contributed by atoms with Crippen molar-refractivity contribution in [1.82, 2.24) is 14.9 Å². The third kappa shape index (κ3) is 4.33. The summed E-state index contributed by atoms with van der Waals surface area (Å²) >= 11 is 0. The Morgan fingerprint density at radius 3 is 2.79 bits per heavy atom. The first kappa shape index (κ1) is 19.9. The molecule has 8 nitrogen and oxygen atoms in total. The Labute approximate surface area is 164 Å². The predicted molar refractivity (Wildman–Crippen MR) is 105 cm³/mol. The summed E-state index contributed by atoms with van der Waals surface area (Å²) in [5.41, 5.74) is 1.72. The molecule has 2 aromatic rings. The van der Waals surface area contributed by atoms with Gasteiger partial charge in [-0.15, -0.1) is 0 Å². The van der Waals surface area contributed by atoms with Gasteiger partial charge in [0.25, 0.3) is 11.8 Å². The summed E-state index contributed by atoms with van der Waals surface area (Å²) in [5.74, 6) is 0.212. The summed E-state index contributed by atoms with van der Waals surface area (Å²) in [6.45, 7) is 1.75. The van der Waals surface area contributed by atoms with Crippen LogP contribution in [0.1, 0.15) is 46.1 Å². The number of carbonyl (C=O) groups is 2. The van der Waals surface area contributed by atoms with Crippen molar-refractivity contribution < 1.29 is 19.1 Å². The van der Waals surface area contributed by atoms with Crippen LogP contribution in [0, 0.1) is 0 Å². The monoisotopic (exact) mass is 386 g/mol. The minimum Gasteiger partial charge on any atom is -0.495 e. The highest BCUT2D eigenvalue weighted by molar-refractivity contribution is 6.04. The van der Waals surface area contributed by atoms with E-state index in [0.717, 1.165) is 31.4 Å². The van der Waals surface area contributed by atoms with Gasteiger partial charge in [0.05, 0.1) is 18.5 Å². The normalized spacial score (nSPS) is 12.9. The summed E-state index contributed by atoms with van der Waals surface area (Å²) in [6, 6.07) is 7.19. The van der Waals surface area contributed by atoms with E-state index in [-0.39, 0.29) is 17.6 Å². The molecule has 2 N–H and O–H groups in total. The van der Waals surface area contributed by atoms with Crippen molar-refractivity contribution >= 4 is 17.5 Å². The number of ether oxygens (including phenoxy) is 2. The number of para-hydroxylation sites is 2. The van der Waals surface area contributed by atoms with Crippen LogP contribution in [-0.2, 0) is 17.7 Å². The molecule has 2 amide bonds. The Hall–Kier alpha value is -2.87. The molecule has 0 atom stereocenters. The van der Waals surface area contributed by atoms with Gasteiger partial charge in [-0.05, 0) is 37.8 Å². The molecule has 0 radical (unpaired) electrons. The minimum absolute atomic E-state index is 0.252. The van der Waals surface area contributed by atoms with Gasteiger partial charge in [-0.2, -0.15) is 0 Å². The number of imidazole rings is 1. The van der Waals surface area contributed by atoms with Gasteiger partial charge in [0.15, 0.2) is 5.82 Å². The molecule has 0 spiro atoms. The van der Waals surface area contributed by atoms with Crippen LogP contribution in [-0.4, -0.2) is 48.7 Å². The second-order valence-corrected chi connectivity index (χ2v) is 6.60. The fourth-order valence-corrected chi connectivity index (χ4v) is 3.33. The lowest BCUT2D eigenvalue weighted by Gasteiger charge is -2.17. The van der Waals surface area contributed by atoms with Gasteiger partial charge >= 0.3 is 0 Å². The number of methoxy groups -OCH3 is 2. The Bertz CT molecular complexity index is 847. The van der Waals surface area contributed by atoms with E-state index in [1.807, 2.05) is 16.7 Å². The molecule has 0 bridgehead atoms. The molecular formula is C20H26N4O4. The van der Waals surface area contributed by atoms with E-state index in [1.165, 1.54) is 0 Å². The number of hydrogen-bond acceptors (Lipinski definition) is 5. The predicted octanol–water partition coefficient (Wildman–Crippen LogP) is 2.25. The van der Waals surface area contributed by atoms with Gasteiger partial charge < -0.3 is 24.7 Å². The van der Waals surface area contributed by atoms with Crippen molar-refractivity contribution in [2.24, 2.45) is 0 Å². The summed E-state index contributed by atoms with van der Waals surface area (Å²) < 4.78 is 12.1. The van der Waals surface area contributed by atoms with Crippen molar-refractivity contribution in [3.63, 3.8) is 0 Å². The molecule has 28 heavy (non-hydrogen) atoms. The first-order chi connectivity index (χ1) is 13.7. The number of benzene rings is 1. The fraction of sp³-hybridized carbons (Fsp3) is 0.450. The molecule has 1 aromatic carbocycles. The van der Waals surface area contributed by atoms with Crippen LogP contribution in [0.15, 0.2) is 24.3 Å². The number of anilines is 1. The van der Waals surface area contributed by atoms with E-state index in [4.69, 9.17) is 9.47 Å². The van der Waals surface area contributed by atoms with E-state index < -0.39 is 0 Å². The Morgan fingerprint density at radius 2 is 2.00 bits per heavy atom. The quantitative estimate of drug-likeness (QED) is 0.679. The number of fused-ring (bicyclic) bond motifs is 1. The topological polar surface area (TPSA) is 94.5 Å². The molecule has 1 aliphatic rings. The average Bonchev–Trinajstić information content (AvgIpc) is 3.11. The van der Waals surface area contributed by atoms with E-state index in [0.29, 0.717) is 36.8 Å². The summed E-state index contributed by atoms with van der Waals surface area (Å²) in [7, 11) is 3.18. The summed E-state index contributed by atoms with van der Waals surface area (Å²) in [6.07, 6.45) is 3.38. The zero-order valence-electron chi connectivity index (χ0n) is 16.3.